The lowest BCUT2D eigenvalue weighted by Crippen LogP contribution is -2.42. The quantitative estimate of drug-likeness (QED) is 0.816. The molecular formula is C12H19N3O. The van der Waals surface area contributed by atoms with Gasteiger partial charge in [-0.25, -0.2) is 9.97 Å². The summed E-state index contributed by atoms with van der Waals surface area (Å²) >= 11 is 0. The van der Waals surface area contributed by atoms with Gasteiger partial charge in [0, 0.05) is 24.3 Å². The lowest BCUT2D eigenvalue weighted by atomic mass is 9.91. The van der Waals surface area contributed by atoms with E-state index >= 15 is 0 Å². The van der Waals surface area contributed by atoms with Crippen molar-refractivity contribution in [3.8, 4) is 0 Å². The molecule has 2 rings (SSSR count). The molecular weight excluding hydrogens is 202 g/mol. The fourth-order valence-electron chi connectivity index (χ4n) is 2.03. The fraction of sp³-hybridized carbons (Fsp3) is 0.667. The summed E-state index contributed by atoms with van der Waals surface area (Å²) in [5, 5.41) is 9.11. The largest absolute Gasteiger partial charge is 0.395 e. The molecule has 1 aromatic rings. The molecule has 0 amide bonds. The highest BCUT2D eigenvalue weighted by Crippen LogP contribution is 2.28. The second-order valence-corrected chi connectivity index (χ2v) is 4.22. The second-order valence-electron chi connectivity index (χ2n) is 4.22. The first kappa shape index (κ1) is 11.3. The molecule has 1 fully saturated rings. The van der Waals surface area contributed by atoms with Crippen molar-refractivity contribution in [1.29, 1.82) is 0 Å². The number of anilines is 1. The molecule has 1 aromatic heterocycles. The number of rotatable bonds is 5. The third-order valence-electron chi connectivity index (χ3n) is 3.22. The molecule has 1 aliphatic carbocycles. The van der Waals surface area contributed by atoms with Crippen molar-refractivity contribution >= 4 is 5.82 Å². The number of hydrogen-bond donors (Lipinski definition) is 1. The molecule has 1 saturated carbocycles. The average molecular weight is 221 g/mol. The van der Waals surface area contributed by atoms with Gasteiger partial charge >= 0.3 is 0 Å². The molecule has 88 valence electrons. The Morgan fingerprint density at radius 2 is 2.25 bits per heavy atom. The lowest BCUT2D eigenvalue weighted by Gasteiger charge is -2.38. The SMILES string of the molecule is CCc1cc(N(CCO)C2CCC2)ncn1. The molecule has 0 radical (unpaired) electrons. The summed E-state index contributed by atoms with van der Waals surface area (Å²) in [6.07, 6.45) is 6.26. The summed E-state index contributed by atoms with van der Waals surface area (Å²) in [5.74, 6) is 0.964. The van der Waals surface area contributed by atoms with Gasteiger partial charge in [0.05, 0.1) is 6.61 Å². The van der Waals surface area contributed by atoms with Crippen LogP contribution in [0.25, 0.3) is 0 Å². The van der Waals surface area contributed by atoms with Crippen LogP contribution in [0, 0.1) is 0 Å². The van der Waals surface area contributed by atoms with Crippen molar-refractivity contribution < 1.29 is 5.11 Å². The topological polar surface area (TPSA) is 49.2 Å². The van der Waals surface area contributed by atoms with Gasteiger partial charge in [-0.05, 0) is 25.7 Å². The van der Waals surface area contributed by atoms with Crippen molar-refractivity contribution in [3.63, 3.8) is 0 Å². The van der Waals surface area contributed by atoms with E-state index in [9.17, 15) is 0 Å². The van der Waals surface area contributed by atoms with Gasteiger partial charge in [0.1, 0.15) is 12.1 Å². The molecule has 0 unspecified atom stereocenters. The Morgan fingerprint density at radius 3 is 2.81 bits per heavy atom. The Balaban J connectivity index is 2.16. The summed E-state index contributed by atoms with van der Waals surface area (Å²) in [6, 6.07) is 2.60. The standard InChI is InChI=1S/C12H19N3O/c1-2-10-8-12(14-9-13-10)15(6-7-16)11-4-3-5-11/h8-9,11,16H,2-7H2,1H3. The van der Waals surface area contributed by atoms with Crippen LogP contribution in [0.15, 0.2) is 12.4 Å². The second kappa shape index (κ2) is 5.25. The van der Waals surface area contributed by atoms with Gasteiger partial charge in [-0.1, -0.05) is 6.92 Å². The summed E-state index contributed by atoms with van der Waals surface area (Å²) in [6.45, 7) is 2.94. The Kier molecular flexibility index (Phi) is 3.72. The van der Waals surface area contributed by atoms with Gasteiger partial charge in [0.25, 0.3) is 0 Å². The first-order valence-electron chi connectivity index (χ1n) is 6.03. The molecule has 0 bridgehead atoms. The highest BCUT2D eigenvalue weighted by Gasteiger charge is 2.25. The van der Waals surface area contributed by atoms with Crippen molar-refractivity contribution in [2.24, 2.45) is 0 Å². The van der Waals surface area contributed by atoms with Gasteiger partial charge in [-0.2, -0.15) is 0 Å². The van der Waals surface area contributed by atoms with Crippen molar-refractivity contribution in [2.45, 2.75) is 38.6 Å². The van der Waals surface area contributed by atoms with Gasteiger partial charge in [-0.15, -0.1) is 0 Å². The Hall–Kier alpha value is -1.16. The molecule has 0 saturated heterocycles. The maximum absolute atomic E-state index is 9.11. The maximum Gasteiger partial charge on any atom is 0.132 e. The molecule has 16 heavy (non-hydrogen) atoms. The number of aromatic nitrogens is 2. The minimum absolute atomic E-state index is 0.183. The molecule has 0 atom stereocenters. The Bertz CT molecular complexity index is 339. The van der Waals surface area contributed by atoms with E-state index in [1.54, 1.807) is 6.33 Å². The summed E-state index contributed by atoms with van der Waals surface area (Å²) in [5.41, 5.74) is 1.06. The lowest BCUT2D eigenvalue weighted by molar-refractivity contribution is 0.283. The predicted octanol–water partition coefficient (Wildman–Crippen LogP) is 1.39. The fourth-order valence-corrected chi connectivity index (χ4v) is 2.03. The van der Waals surface area contributed by atoms with Crippen LogP contribution in [0.1, 0.15) is 31.9 Å². The first-order chi connectivity index (χ1) is 7.85. The molecule has 4 nitrogen and oxygen atoms in total. The summed E-state index contributed by atoms with van der Waals surface area (Å²) in [4.78, 5) is 10.7. The highest BCUT2D eigenvalue weighted by atomic mass is 16.3. The predicted molar refractivity (Wildman–Crippen MR) is 63.5 cm³/mol. The van der Waals surface area contributed by atoms with E-state index in [4.69, 9.17) is 5.11 Å². The van der Waals surface area contributed by atoms with Crippen LogP contribution in [0.2, 0.25) is 0 Å². The number of hydrogen-bond acceptors (Lipinski definition) is 4. The van der Waals surface area contributed by atoms with E-state index in [0.29, 0.717) is 12.6 Å². The smallest absolute Gasteiger partial charge is 0.132 e. The zero-order valence-electron chi connectivity index (χ0n) is 9.76. The average Bonchev–Trinajstić information content (AvgIpc) is 2.26. The van der Waals surface area contributed by atoms with Crippen molar-refractivity contribution in [2.75, 3.05) is 18.1 Å². The van der Waals surface area contributed by atoms with E-state index in [0.717, 1.165) is 17.9 Å². The molecule has 4 heteroatoms. The molecule has 0 spiro atoms. The monoisotopic (exact) mass is 221 g/mol. The van der Waals surface area contributed by atoms with Crippen LogP contribution < -0.4 is 4.90 Å². The van der Waals surface area contributed by atoms with E-state index in [1.165, 1.54) is 19.3 Å². The van der Waals surface area contributed by atoms with Crippen LogP contribution in [-0.2, 0) is 6.42 Å². The zero-order valence-corrected chi connectivity index (χ0v) is 9.76. The van der Waals surface area contributed by atoms with Crippen LogP contribution in [-0.4, -0.2) is 34.3 Å². The Labute approximate surface area is 96.3 Å². The van der Waals surface area contributed by atoms with E-state index in [2.05, 4.69) is 21.8 Å². The Morgan fingerprint density at radius 1 is 1.44 bits per heavy atom. The molecule has 1 aliphatic rings. The molecule has 0 aromatic carbocycles. The zero-order chi connectivity index (χ0) is 11.4. The minimum Gasteiger partial charge on any atom is -0.395 e. The minimum atomic E-state index is 0.183. The van der Waals surface area contributed by atoms with Crippen LogP contribution >= 0.6 is 0 Å². The van der Waals surface area contributed by atoms with E-state index < -0.39 is 0 Å². The first-order valence-corrected chi connectivity index (χ1v) is 6.03. The van der Waals surface area contributed by atoms with Crippen LogP contribution in [0.4, 0.5) is 5.82 Å². The third-order valence-corrected chi connectivity index (χ3v) is 3.22. The van der Waals surface area contributed by atoms with Gasteiger partial charge < -0.3 is 10.0 Å². The van der Waals surface area contributed by atoms with Crippen LogP contribution in [0.5, 0.6) is 0 Å². The highest BCUT2D eigenvalue weighted by molar-refractivity contribution is 5.40. The van der Waals surface area contributed by atoms with Gasteiger partial charge in [-0.3, -0.25) is 0 Å². The van der Waals surface area contributed by atoms with Crippen molar-refractivity contribution in [1.82, 2.24) is 9.97 Å². The summed E-state index contributed by atoms with van der Waals surface area (Å²) < 4.78 is 0. The number of aliphatic hydroxyl groups is 1. The van der Waals surface area contributed by atoms with E-state index in [1.807, 2.05) is 6.07 Å². The maximum atomic E-state index is 9.11. The third kappa shape index (κ3) is 2.32. The van der Waals surface area contributed by atoms with Crippen LogP contribution in [0.3, 0.4) is 0 Å². The number of aryl methyl sites for hydroxylation is 1. The number of aliphatic hydroxyl groups excluding tert-OH is 1. The number of nitrogens with zero attached hydrogens (tertiary/aromatic N) is 3. The van der Waals surface area contributed by atoms with Gasteiger partial charge in [0.15, 0.2) is 0 Å². The van der Waals surface area contributed by atoms with Gasteiger partial charge in [0.2, 0.25) is 0 Å². The summed E-state index contributed by atoms with van der Waals surface area (Å²) in [7, 11) is 0. The van der Waals surface area contributed by atoms with E-state index in [-0.39, 0.29) is 6.61 Å². The molecule has 0 aliphatic heterocycles. The molecule has 1 N–H and O–H groups in total. The normalized spacial score (nSPS) is 15.9. The van der Waals surface area contributed by atoms with Crippen molar-refractivity contribution in [3.05, 3.63) is 18.1 Å². The molecule has 1 heterocycles.